The molecule has 13 heavy (non-hydrogen) atoms. The Morgan fingerprint density at radius 1 is 1.38 bits per heavy atom. The molecule has 0 bridgehead atoms. The van der Waals surface area contributed by atoms with Gasteiger partial charge in [0, 0.05) is 11.5 Å². The van der Waals surface area contributed by atoms with Crippen LogP contribution in [-0.4, -0.2) is 11.4 Å². The zero-order valence-corrected chi connectivity index (χ0v) is 8.60. The highest BCUT2D eigenvalue weighted by molar-refractivity contribution is 5.80. The van der Waals surface area contributed by atoms with Crippen molar-refractivity contribution in [3.63, 3.8) is 0 Å². The molecule has 0 aromatic rings. The Balaban J connectivity index is 1.78. The predicted octanol–water partition coefficient (Wildman–Crippen LogP) is 2.09. The molecule has 74 valence electrons. The molecule has 0 aromatic carbocycles. The van der Waals surface area contributed by atoms with E-state index in [9.17, 15) is 4.79 Å². The smallest absolute Gasteiger partial charge is 0.223 e. The van der Waals surface area contributed by atoms with Crippen molar-refractivity contribution >= 4 is 5.91 Å². The van der Waals surface area contributed by atoms with Crippen molar-refractivity contribution in [3.8, 4) is 0 Å². The second-order valence-corrected chi connectivity index (χ2v) is 5.18. The van der Waals surface area contributed by atoms with Crippen LogP contribution < -0.4 is 5.32 Å². The van der Waals surface area contributed by atoms with Crippen LogP contribution in [0.15, 0.2) is 0 Å². The van der Waals surface area contributed by atoms with Crippen LogP contribution >= 0.6 is 0 Å². The fraction of sp³-hybridized carbons (Fsp3) is 0.909. The minimum absolute atomic E-state index is 0.149. The van der Waals surface area contributed by atoms with Crippen LogP contribution in [0.5, 0.6) is 0 Å². The number of hydrogen-bond donors (Lipinski definition) is 1. The molecule has 0 unspecified atom stereocenters. The summed E-state index contributed by atoms with van der Waals surface area (Å²) in [6.07, 6.45) is 5.81. The number of hydrogen-bond acceptors (Lipinski definition) is 1. The van der Waals surface area contributed by atoms with Crippen molar-refractivity contribution in [2.24, 2.45) is 11.8 Å². The maximum Gasteiger partial charge on any atom is 0.223 e. The molecule has 2 fully saturated rings. The maximum absolute atomic E-state index is 11.7. The fourth-order valence-electron chi connectivity index (χ4n) is 2.35. The molecule has 2 saturated carbocycles. The third-order valence-corrected chi connectivity index (χ3v) is 3.63. The van der Waals surface area contributed by atoms with Gasteiger partial charge in [-0.15, -0.1) is 0 Å². The highest BCUT2D eigenvalue weighted by Gasteiger charge is 2.38. The summed E-state index contributed by atoms with van der Waals surface area (Å²) in [5, 5.41) is 3.18. The molecule has 2 nitrogen and oxygen atoms in total. The van der Waals surface area contributed by atoms with Crippen LogP contribution in [0.2, 0.25) is 0 Å². The Bertz CT molecular complexity index is 214. The SMILES string of the molecule is CC1CC(C(=O)NC2(C)CCC2)C1. The van der Waals surface area contributed by atoms with Gasteiger partial charge in [0.2, 0.25) is 5.91 Å². The van der Waals surface area contributed by atoms with Crippen molar-refractivity contribution < 1.29 is 4.79 Å². The number of carbonyl (C=O) groups is 1. The minimum atomic E-state index is 0.149. The second kappa shape index (κ2) is 3.00. The average Bonchev–Trinajstić information content (AvgIpc) is 1.95. The van der Waals surface area contributed by atoms with E-state index in [4.69, 9.17) is 0 Å². The Labute approximate surface area is 80.1 Å². The molecule has 0 spiro atoms. The molecule has 2 aliphatic carbocycles. The van der Waals surface area contributed by atoms with Gasteiger partial charge < -0.3 is 5.32 Å². The highest BCUT2D eigenvalue weighted by Crippen LogP contribution is 2.36. The molecule has 2 rings (SSSR count). The van der Waals surface area contributed by atoms with E-state index >= 15 is 0 Å². The van der Waals surface area contributed by atoms with E-state index in [1.165, 1.54) is 19.3 Å². The van der Waals surface area contributed by atoms with Crippen LogP contribution in [-0.2, 0) is 4.79 Å². The summed E-state index contributed by atoms with van der Waals surface area (Å²) in [4.78, 5) is 11.7. The number of nitrogens with one attached hydrogen (secondary N) is 1. The summed E-state index contributed by atoms with van der Waals surface area (Å²) in [5.74, 6) is 1.40. The van der Waals surface area contributed by atoms with Crippen LogP contribution in [0.1, 0.15) is 46.0 Å². The van der Waals surface area contributed by atoms with Gasteiger partial charge in [0.15, 0.2) is 0 Å². The van der Waals surface area contributed by atoms with Crippen LogP contribution in [0.25, 0.3) is 0 Å². The Hall–Kier alpha value is -0.530. The topological polar surface area (TPSA) is 29.1 Å². The maximum atomic E-state index is 11.7. The summed E-state index contributed by atoms with van der Waals surface area (Å²) in [6, 6.07) is 0. The summed E-state index contributed by atoms with van der Waals surface area (Å²) in [7, 11) is 0. The van der Waals surface area contributed by atoms with Crippen molar-refractivity contribution in [2.75, 3.05) is 0 Å². The quantitative estimate of drug-likeness (QED) is 0.694. The lowest BCUT2D eigenvalue weighted by Gasteiger charge is -2.42. The van der Waals surface area contributed by atoms with Gasteiger partial charge in [-0.25, -0.2) is 0 Å². The van der Waals surface area contributed by atoms with Gasteiger partial charge >= 0.3 is 0 Å². The largest absolute Gasteiger partial charge is 0.351 e. The monoisotopic (exact) mass is 181 g/mol. The van der Waals surface area contributed by atoms with Gasteiger partial charge in [-0.1, -0.05) is 6.92 Å². The van der Waals surface area contributed by atoms with Crippen molar-refractivity contribution in [3.05, 3.63) is 0 Å². The van der Waals surface area contributed by atoms with E-state index in [2.05, 4.69) is 19.2 Å². The first-order valence-corrected chi connectivity index (χ1v) is 5.41. The lowest BCUT2D eigenvalue weighted by atomic mass is 9.73. The zero-order chi connectivity index (χ0) is 9.47. The van der Waals surface area contributed by atoms with Gasteiger partial charge in [-0.05, 0) is 44.9 Å². The van der Waals surface area contributed by atoms with Gasteiger partial charge in [-0.2, -0.15) is 0 Å². The summed E-state index contributed by atoms with van der Waals surface area (Å²) in [6.45, 7) is 4.38. The number of amides is 1. The van der Waals surface area contributed by atoms with Crippen molar-refractivity contribution in [1.29, 1.82) is 0 Å². The van der Waals surface area contributed by atoms with Gasteiger partial charge in [0.25, 0.3) is 0 Å². The summed E-state index contributed by atoms with van der Waals surface area (Å²) in [5.41, 5.74) is 0.149. The second-order valence-electron chi connectivity index (χ2n) is 5.18. The molecule has 2 aliphatic rings. The average molecular weight is 181 g/mol. The van der Waals surface area contributed by atoms with Crippen molar-refractivity contribution in [2.45, 2.75) is 51.5 Å². The lowest BCUT2D eigenvalue weighted by Crippen LogP contribution is -2.54. The number of carbonyl (C=O) groups excluding carboxylic acids is 1. The number of rotatable bonds is 2. The van der Waals surface area contributed by atoms with Crippen LogP contribution in [0.3, 0.4) is 0 Å². The highest BCUT2D eigenvalue weighted by atomic mass is 16.2. The Morgan fingerprint density at radius 2 is 2.00 bits per heavy atom. The molecule has 0 aromatic heterocycles. The molecule has 1 amide bonds. The molecular weight excluding hydrogens is 162 g/mol. The van der Waals surface area contributed by atoms with Gasteiger partial charge in [-0.3, -0.25) is 4.79 Å². The Morgan fingerprint density at radius 3 is 2.38 bits per heavy atom. The molecular formula is C11H19NO. The first-order chi connectivity index (χ1) is 6.09. The van der Waals surface area contributed by atoms with Crippen molar-refractivity contribution in [1.82, 2.24) is 5.32 Å². The molecule has 2 heteroatoms. The third-order valence-electron chi connectivity index (χ3n) is 3.63. The molecule has 0 heterocycles. The van der Waals surface area contributed by atoms with Gasteiger partial charge in [0.1, 0.15) is 0 Å². The minimum Gasteiger partial charge on any atom is -0.351 e. The molecule has 1 N–H and O–H groups in total. The summed E-state index contributed by atoms with van der Waals surface area (Å²) >= 11 is 0. The Kier molecular flexibility index (Phi) is 2.09. The normalized spacial score (nSPS) is 35.8. The van der Waals surface area contributed by atoms with Crippen LogP contribution in [0, 0.1) is 11.8 Å². The van der Waals surface area contributed by atoms with Crippen LogP contribution in [0.4, 0.5) is 0 Å². The first kappa shape index (κ1) is 9.04. The van der Waals surface area contributed by atoms with E-state index in [1.807, 2.05) is 0 Å². The van der Waals surface area contributed by atoms with E-state index in [0.717, 1.165) is 18.8 Å². The molecule has 0 aliphatic heterocycles. The molecule has 0 saturated heterocycles. The van der Waals surface area contributed by atoms with E-state index in [0.29, 0.717) is 11.8 Å². The first-order valence-electron chi connectivity index (χ1n) is 5.41. The van der Waals surface area contributed by atoms with Gasteiger partial charge in [0.05, 0.1) is 0 Å². The van der Waals surface area contributed by atoms with E-state index < -0.39 is 0 Å². The molecule has 0 atom stereocenters. The van der Waals surface area contributed by atoms with E-state index in [1.54, 1.807) is 0 Å². The third kappa shape index (κ3) is 1.72. The summed E-state index contributed by atoms with van der Waals surface area (Å²) < 4.78 is 0. The fourth-order valence-corrected chi connectivity index (χ4v) is 2.35. The predicted molar refractivity (Wildman–Crippen MR) is 52.3 cm³/mol. The zero-order valence-electron chi connectivity index (χ0n) is 8.60. The van der Waals surface area contributed by atoms with E-state index in [-0.39, 0.29) is 5.54 Å². The molecule has 0 radical (unpaired) electrons. The standard InChI is InChI=1S/C11H19NO/c1-8-6-9(7-8)10(13)12-11(2)4-3-5-11/h8-9H,3-7H2,1-2H3,(H,12,13). The lowest BCUT2D eigenvalue weighted by molar-refractivity contribution is -0.131.